The van der Waals surface area contributed by atoms with Gasteiger partial charge in [0.1, 0.15) is 12.4 Å². The summed E-state index contributed by atoms with van der Waals surface area (Å²) in [5, 5.41) is 0. The predicted molar refractivity (Wildman–Crippen MR) is 82.8 cm³/mol. The number of esters is 2. The summed E-state index contributed by atoms with van der Waals surface area (Å²) in [5.74, 6) is -1.20. The second-order valence-electron chi connectivity index (χ2n) is 6.24. The van der Waals surface area contributed by atoms with Crippen LogP contribution in [0.15, 0.2) is 18.2 Å². The van der Waals surface area contributed by atoms with E-state index in [4.69, 9.17) is 14.2 Å². The van der Waals surface area contributed by atoms with Crippen molar-refractivity contribution < 1.29 is 37.0 Å². The van der Waals surface area contributed by atoms with Gasteiger partial charge in [-0.25, -0.2) is 4.79 Å². The third-order valence-electron chi connectivity index (χ3n) is 3.01. The molecule has 5 nitrogen and oxygen atoms in total. The minimum atomic E-state index is -4.55. The summed E-state index contributed by atoms with van der Waals surface area (Å²) in [4.78, 5) is 23.2. The Morgan fingerprint density at radius 3 is 2.24 bits per heavy atom. The van der Waals surface area contributed by atoms with Crippen LogP contribution in [-0.4, -0.2) is 25.2 Å². The summed E-state index contributed by atoms with van der Waals surface area (Å²) in [6.45, 7) is 5.79. The fourth-order valence-corrected chi connectivity index (χ4v) is 1.71. The highest BCUT2D eigenvalue weighted by molar-refractivity contribution is 5.75. The molecule has 1 aromatic rings. The number of hydrogen-bond donors (Lipinski definition) is 0. The van der Waals surface area contributed by atoms with E-state index in [-0.39, 0.29) is 17.9 Å². The summed E-state index contributed by atoms with van der Waals surface area (Å²) in [6, 6.07) is 2.74. The normalized spacial score (nSPS) is 11.8. The number of hydrogen-bond acceptors (Lipinski definition) is 5. The quantitative estimate of drug-likeness (QED) is 0.722. The minimum absolute atomic E-state index is 0.0109. The average molecular weight is 362 g/mol. The first-order chi connectivity index (χ1) is 11.4. The molecule has 0 aliphatic carbocycles. The fraction of sp³-hybridized carbons (Fsp3) is 0.529. The third-order valence-corrected chi connectivity index (χ3v) is 3.01. The van der Waals surface area contributed by atoms with E-state index in [9.17, 15) is 22.8 Å². The van der Waals surface area contributed by atoms with Crippen LogP contribution < -0.4 is 4.74 Å². The SMILES string of the molecule is CCOC(=O)COc1ccc(C(F)(F)F)cc1COC(=O)C(C)(C)C. The van der Waals surface area contributed by atoms with Crippen molar-refractivity contribution >= 4 is 11.9 Å². The second kappa shape index (κ2) is 8.22. The lowest BCUT2D eigenvalue weighted by Crippen LogP contribution is -2.23. The number of benzene rings is 1. The van der Waals surface area contributed by atoms with Gasteiger partial charge in [-0.3, -0.25) is 4.79 Å². The first-order valence-electron chi connectivity index (χ1n) is 7.61. The van der Waals surface area contributed by atoms with Gasteiger partial charge in [0.25, 0.3) is 0 Å². The number of alkyl halides is 3. The summed E-state index contributed by atoms with van der Waals surface area (Å²) in [5.41, 5.74) is -1.69. The van der Waals surface area contributed by atoms with E-state index in [1.807, 2.05) is 0 Å². The molecule has 0 aliphatic heterocycles. The number of ether oxygens (including phenoxy) is 3. The van der Waals surface area contributed by atoms with Gasteiger partial charge >= 0.3 is 18.1 Å². The highest BCUT2D eigenvalue weighted by atomic mass is 19.4. The smallest absolute Gasteiger partial charge is 0.416 e. The molecule has 1 aromatic carbocycles. The molecule has 0 N–H and O–H groups in total. The summed E-state index contributed by atoms with van der Waals surface area (Å²) in [6.07, 6.45) is -4.55. The van der Waals surface area contributed by atoms with Crippen molar-refractivity contribution in [3.8, 4) is 5.75 Å². The Labute approximate surface area is 144 Å². The van der Waals surface area contributed by atoms with Crippen molar-refractivity contribution in [3.05, 3.63) is 29.3 Å². The lowest BCUT2D eigenvalue weighted by atomic mass is 9.97. The maximum absolute atomic E-state index is 12.9. The average Bonchev–Trinajstić information content (AvgIpc) is 2.49. The molecular formula is C17H21F3O5. The highest BCUT2D eigenvalue weighted by Gasteiger charge is 2.31. The molecule has 8 heteroatoms. The Hall–Kier alpha value is -2.25. The molecule has 1 rings (SSSR count). The van der Waals surface area contributed by atoms with Crippen LogP contribution in [0, 0.1) is 5.41 Å². The van der Waals surface area contributed by atoms with Gasteiger partial charge in [-0.2, -0.15) is 13.2 Å². The largest absolute Gasteiger partial charge is 0.481 e. The van der Waals surface area contributed by atoms with E-state index >= 15 is 0 Å². The Morgan fingerprint density at radius 2 is 1.72 bits per heavy atom. The highest BCUT2D eigenvalue weighted by Crippen LogP contribution is 2.33. The van der Waals surface area contributed by atoms with E-state index in [0.29, 0.717) is 0 Å². The van der Waals surface area contributed by atoms with Crippen LogP contribution in [0.3, 0.4) is 0 Å². The molecule has 0 fully saturated rings. The number of rotatable bonds is 6. The predicted octanol–water partition coefficient (Wildman–Crippen LogP) is 3.74. The van der Waals surface area contributed by atoms with Gasteiger partial charge < -0.3 is 14.2 Å². The van der Waals surface area contributed by atoms with Crippen LogP contribution in [0.4, 0.5) is 13.2 Å². The van der Waals surface area contributed by atoms with E-state index < -0.39 is 42.3 Å². The van der Waals surface area contributed by atoms with Gasteiger partial charge in [-0.1, -0.05) is 0 Å². The molecule has 0 unspecified atom stereocenters. The van der Waals surface area contributed by atoms with Gasteiger partial charge in [-0.05, 0) is 45.9 Å². The summed E-state index contributed by atoms with van der Waals surface area (Å²) < 4.78 is 53.6. The zero-order chi connectivity index (χ0) is 19.3. The van der Waals surface area contributed by atoms with Crippen molar-refractivity contribution in [1.29, 1.82) is 0 Å². The lowest BCUT2D eigenvalue weighted by Gasteiger charge is -2.18. The summed E-state index contributed by atoms with van der Waals surface area (Å²) >= 11 is 0. The minimum Gasteiger partial charge on any atom is -0.481 e. The van der Waals surface area contributed by atoms with Gasteiger partial charge in [0.05, 0.1) is 17.6 Å². The van der Waals surface area contributed by atoms with E-state index in [1.165, 1.54) is 0 Å². The Bertz CT molecular complexity index is 618. The van der Waals surface area contributed by atoms with E-state index in [0.717, 1.165) is 18.2 Å². The van der Waals surface area contributed by atoms with Crippen molar-refractivity contribution in [2.45, 2.75) is 40.5 Å². The molecule has 0 atom stereocenters. The molecule has 25 heavy (non-hydrogen) atoms. The standard InChI is InChI=1S/C17H21F3O5/c1-5-23-14(21)10-24-13-7-6-12(17(18,19)20)8-11(13)9-25-15(22)16(2,3)4/h6-8H,5,9-10H2,1-4H3. The van der Waals surface area contributed by atoms with Crippen LogP contribution in [0.2, 0.25) is 0 Å². The maximum Gasteiger partial charge on any atom is 0.416 e. The van der Waals surface area contributed by atoms with Crippen LogP contribution in [0.1, 0.15) is 38.8 Å². The molecule has 0 aliphatic rings. The van der Waals surface area contributed by atoms with Crippen LogP contribution in [0.5, 0.6) is 5.75 Å². The first-order valence-corrected chi connectivity index (χ1v) is 7.61. The maximum atomic E-state index is 12.9. The van der Waals surface area contributed by atoms with Gasteiger partial charge in [0.15, 0.2) is 6.61 Å². The Morgan fingerprint density at radius 1 is 1.08 bits per heavy atom. The van der Waals surface area contributed by atoms with Gasteiger partial charge in [-0.15, -0.1) is 0 Å². The Balaban J connectivity index is 2.98. The number of carbonyl (C=O) groups excluding carboxylic acids is 2. The van der Waals surface area contributed by atoms with E-state index in [2.05, 4.69) is 0 Å². The van der Waals surface area contributed by atoms with Crippen molar-refractivity contribution in [2.24, 2.45) is 5.41 Å². The van der Waals surface area contributed by atoms with E-state index in [1.54, 1.807) is 27.7 Å². The molecule has 0 amide bonds. The molecule has 0 spiro atoms. The second-order valence-corrected chi connectivity index (χ2v) is 6.24. The number of halogens is 3. The molecule has 0 heterocycles. The van der Waals surface area contributed by atoms with Crippen molar-refractivity contribution in [3.63, 3.8) is 0 Å². The van der Waals surface area contributed by atoms with Crippen molar-refractivity contribution in [1.82, 2.24) is 0 Å². The molecule has 0 radical (unpaired) electrons. The zero-order valence-electron chi connectivity index (χ0n) is 14.5. The monoisotopic (exact) mass is 362 g/mol. The van der Waals surface area contributed by atoms with Crippen LogP contribution in [0.25, 0.3) is 0 Å². The first kappa shape index (κ1) is 20.8. The van der Waals surface area contributed by atoms with Gasteiger partial charge in [0, 0.05) is 5.56 Å². The molecular weight excluding hydrogens is 341 g/mol. The molecule has 140 valence electrons. The zero-order valence-corrected chi connectivity index (χ0v) is 14.5. The molecule has 0 saturated heterocycles. The van der Waals surface area contributed by atoms with Crippen LogP contribution >= 0.6 is 0 Å². The Kier molecular flexibility index (Phi) is 6.84. The third kappa shape index (κ3) is 6.64. The number of carbonyl (C=O) groups is 2. The van der Waals surface area contributed by atoms with Crippen LogP contribution in [-0.2, 0) is 31.8 Å². The van der Waals surface area contributed by atoms with Crippen molar-refractivity contribution in [2.75, 3.05) is 13.2 Å². The molecule has 0 bridgehead atoms. The fourth-order valence-electron chi connectivity index (χ4n) is 1.71. The summed E-state index contributed by atoms with van der Waals surface area (Å²) in [7, 11) is 0. The lowest BCUT2D eigenvalue weighted by molar-refractivity contribution is -0.154. The van der Waals surface area contributed by atoms with Gasteiger partial charge in [0.2, 0.25) is 0 Å². The topological polar surface area (TPSA) is 61.8 Å². The molecule has 0 aromatic heterocycles. The molecule has 0 saturated carbocycles.